The molecule has 0 unspecified atom stereocenters. The highest BCUT2D eigenvalue weighted by molar-refractivity contribution is 6.30. The van der Waals surface area contributed by atoms with Crippen molar-refractivity contribution in [1.29, 1.82) is 0 Å². The molecule has 2 N–H and O–H groups in total. The van der Waals surface area contributed by atoms with E-state index in [-0.39, 0.29) is 11.4 Å². The van der Waals surface area contributed by atoms with E-state index in [4.69, 9.17) is 22.1 Å². The van der Waals surface area contributed by atoms with E-state index in [1.807, 2.05) is 0 Å². The molecule has 6 heteroatoms. The van der Waals surface area contributed by atoms with Crippen LogP contribution >= 0.6 is 11.6 Å². The summed E-state index contributed by atoms with van der Waals surface area (Å²) in [6.07, 6.45) is -4.43. The highest BCUT2D eigenvalue weighted by atomic mass is 35.5. The van der Waals surface area contributed by atoms with Gasteiger partial charge in [-0.15, -0.1) is 0 Å². The van der Waals surface area contributed by atoms with E-state index in [1.165, 1.54) is 6.07 Å². The van der Waals surface area contributed by atoms with Crippen molar-refractivity contribution < 1.29 is 17.9 Å². The van der Waals surface area contributed by atoms with E-state index in [0.717, 1.165) is 17.7 Å². The Morgan fingerprint density at radius 2 is 1.70 bits per heavy atom. The Labute approximate surface area is 118 Å². The fourth-order valence-corrected chi connectivity index (χ4v) is 1.89. The predicted molar refractivity (Wildman–Crippen MR) is 72.1 cm³/mol. The van der Waals surface area contributed by atoms with Gasteiger partial charge < -0.3 is 10.5 Å². The van der Waals surface area contributed by atoms with Crippen molar-refractivity contribution in [2.24, 2.45) is 0 Å². The van der Waals surface area contributed by atoms with Gasteiger partial charge in [0.15, 0.2) is 0 Å². The van der Waals surface area contributed by atoms with Crippen LogP contribution in [0, 0.1) is 6.92 Å². The molecule has 0 bridgehead atoms. The van der Waals surface area contributed by atoms with Crippen molar-refractivity contribution in [3.05, 3.63) is 52.5 Å². The summed E-state index contributed by atoms with van der Waals surface area (Å²) in [5, 5.41) is 0.551. The fourth-order valence-electron chi connectivity index (χ4n) is 1.66. The maximum atomic E-state index is 12.5. The number of hydrogen-bond donors (Lipinski definition) is 1. The summed E-state index contributed by atoms with van der Waals surface area (Å²) in [6.45, 7) is 1.78. The van der Waals surface area contributed by atoms with Gasteiger partial charge in [-0.2, -0.15) is 13.2 Å². The average molecular weight is 302 g/mol. The van der Waals surface area contributed by atoms with Crippen molar-refractivity contribution in [1.82, 2.24) is 0 Å². The van der Waals surface area contributed by atoms with Gasteiger partial charge in [-0.05, 0) is 48.9 Å². The standard InChI is InChI=1S/C14H11ClF3NO/c1-8-6-10(15)3-5-12(8)20-13-4-2-9(7-11(13)19)14(16,17)18/h2-7H,19H2,1H3. The first-order valence-corrected chi connectivity index (χ1v) is 6.06. The normalized spacial score (nSPS) is 11.4. The molecule has 2 aromatic rings. The Morgan fingerprint density at radius 1 is 1.05 bits per heavy atom. The van der Waals surface area contributed by atoms with Crippen molar-refractivity contribution in [2.45, 2.75) is 13.1 Å². The molecule has 2 rings (SSSR count). The monoisotopic (exact) mass is 301 g/mol. The summed E-state index contributed by atoms with van der Waals surface area (Å²) >= 11 is 5.82. The average Bonchev–Trinajstić information content (AvgIpc) is 2.33. The molecule has 0 aliphatic rings. The summed E-state index contributed by atoms with van der Waals surface area (Å²) < 4.78 is 43.1. The molecular formula is C14H11ClF3NO. The van der Waals surface area contributed by atoms with Gasteiger partial charge in [0.1, 0.15) is 11.5 Å². The van der Waals surface area contributed by atoms with E-state index < -0.39 is 11.7 Å². The molecule has 0 saturated heterocycles. The minimum absolute atomic E-state index is 0.0748. The second-order valence-electron chi connectivity index (χ2n) is 4.26. The van der Waals surface area contributed by atoms with Gasteiger partial charge in [0.25, 0.3) is 0 Å². The van der Waals surface area contributed by atoms with Crippen LogP contribution < -0.4 is 10.5 Å². The van der Waals surface area contributed by atoms with Gasteiger partial charge in [-0.25, -0.2) is 0 Å². The Kier molecular flexibility index (Phi) is 3.81. The van der Waals surface area contributed by atoms with E-state index in [2.05, 4.69) is 0 Å². The first-order chi connectivity index (χ1) is 9.27. The number of benzene rings is 2. The number of ether oxygens (including phenoxy) is 1. The lowest BCUT2D eigenvalue weighted by molar-refractivity contribution is -0.137. The molecule has 0 spiro atoms. The zero-order valence-electron chi connectivity index (χ0n) is 10.5. The van der Waals surface area contributed by atoms with Crippen molar-refractivity contribution in [3.63, 3.8) is 0 Å². The number of nitrogens with two attached hydrogens (primary N) is 1. The minimum atomic E-state index is -4.43. The van der Waals surface area contributed by atoms with Crippen LogP contribution in [-0.2, 0) is 6.18 Å². The molecule has 0 aliphatic heterocycles. The third kappa shape index (κ3) is 3.17. The number of anilines is 1. The second kappa shape index (κ2) is 5.25. The Bertz CT molecular complexity index is 641. The van der Waals surface area contributed by atoms with Crippen LogP contribution in [0.4, 0.5) is 18.9 Å². The highest BCUT2D eigenvalue weighted by Crippen LogP contribution is 2.36. The van der Waals surface area contributed by atoms with Crippen LogP contribution in [0.15, 0.2) is 36.4 Å². The fraction of sp³-hybridized carbons (Fsp3) is 0.143. The summed E-state index contributed by atoms with van der Waals surface area (Å²) in [4.78, 5) is 0. The SMILES string of the molecule is Cc1cc(Cl)ccc1Oc1ccc(C(F)(F)F)cc1N. The quantitative estimate of drug-likeness (QED) is 0.789. The van der Waals surface area contributed by atoms with Gasteiger partial charge in [-0.1, -0.05) is 11.6 Å². The predicted octanol–water partition coefficient (Wildman–Crippen LogP) is 5.04. The van der Waals surface area contributed by atoms with E-state index in [1.54, 1.807) is 25.1 Å². The molecule has 0 aromatic heterocycles. The molecule has 106 valence electrons. The molecule has 2 aromatic carbocycles. The van der Waals surface area contributed by atoms with Gasteiger partial charge in [-0.3, -0.25) is 0 Å². The molecule has 0 fully saturated rings. The summed E-state index contributed by atoms with van der Waals surface area (Å²) in [5.74, 6) is 0.657. The van der Waals surface area contributed by atoms with Crippen LogP contribution in [0.5, 0.6) is 11.5 Å². The maximum absolute atomic E-state index is 12.5. The van der Waals surface area contributed by atoms with Crippen molar-refractivity contribution in [2.75, 3.05) is 5.73 Å². The van der Waals surface area contributed by atoms with Gasteiger partial charge >= 0.3 is 6.18 Å². The van der Waals surface area contributed by atoms with Gasteiger partial charge in [0.2, 0.25) is 0 Å². The highest BCUT2D eigenvalue weighted by Gasteiger charge is 2.31. The first-order valence-electron chi connectivity index (χ1n) is 5.68. The van der Waals surface area contributed by atoms with Crippen LogP contribution in [-0.4, -0.2) is 0 Å². The van der Waals surface area contributed by atoms with Gasteiger partial charge in [0.05, 0.1) is 11.3 Å². The summed E-state index contributed by atoms with van der Waals surface area (Å²) in [6, 6.07) is 7.93. The molecule has 0 saturated carbocycles. The van der Waals surface area contributed by atoms with Crippen LogP contribution in [0.3, 0.4) is 0 Å². The van der Waals surface area contributed by atoms with E-state index in [0.29, 0.717) is 10.8 Å². The largest absolute Gasteiger partial charge is 0.455 e. The van der Waals surface area contributed by atoms with Crippen LogP contribution in [0.1, 0.15) is 11.1 Å². The lowest BCUT2D eigenvalue weighted by Gasteiger charge is -2.13. The molecule has 20 heavy (non-hydrogen) atoms. The van der Waals surface area contributed by atoms with Crippen molar-refractivity contribution in [3.8, 4) is 11.5 Å². The zero-order chi connectivity index (χ0) is 14.9. The lowest BCUT2D eigenvalue weighted by atomic mass is 10.1. The second-order valence-corrected chi connectivity index (χ2v) is 4.70. The van der Waals surface area contributed by atoms with E-state index in [9.17, 15) is 13.2 Å². The Balaban J connectivity index is 2.30. The zero-order valence-corrected chi connectivity index (χ0v) is 11.2. The smallest absolute Gasteiger partial charge is 0.416 e. The Morgan fingerprint density at radius 3 is 2.25 bits per heavy atom. The summed E-state index contributed by atoms with van der Waals surface area (Å²) in [7, 11) is 0. The molecule has 0 radical (unpaired) electrons. The molecule has 0 heterocycles. The number of nitrogen functional groups attached to an aromatic ring is 1. The Hall–Kier alpha value is -1.88. The molecular weight excluding hydrogens is 291 g/mol. The number of hydrogen-bond acceptors (Lipinski definition) is 2. The minimum Gasteiger partial charge on any atom is -0.455 e. The number of halogens is 4. The topological polar surface area (TPSA) is 35.2 Å². The third-order valence-corrected chi connectivity index (χ3v) is 2.93. The number of alkyl halides is 3. The van der Waals surface area contributed by atoms with Crippen LogP contribution in [0.25, 0.3) is 0 Å². The van der Waals surface area contributed by atoms with E-state index >= 15 is 0 Å². The molecule has 0 aliphatic carbocycles. The number of rotatable bonds is 2. The molecule has 0 amide bonds. The first kappa shape index (κ1) is 14.5. The lowest BCUT2D eigenvalue weighted by Crippen LogP contribution is -2.06. The van der Waals surface area contributed by atoms with Gasteiger partial charge in [0, 0.05) is 5.02 Å². The third-order valence-electron chi connectivity index (χ3n) is 2.69. The molecule has 2 nitrogen and oxygen atoms in total. The number of aryl methyl sites for hydroxylation is 1. The maximum Gasteiger partial charge on any atom is 0.416 e. The molecule has 0 atom stereocenters. The summed E-state index contributed by atoms with van der Waals surface area (Å²) in [5.41, 5.74) is 5.47. The van der Waals surface area contributed by atoms with Crippen LogP contribution in [0.2, 0.25) is 5.02 Å². The van der Waals surface area contributed by atoms with Crippen molar-refractivity contribution >= 4 is 17.3 Å².